The molecular weight excluding hydrogens is 314 g/mol. The van der Waals surface area contributed by atoms with Crippen LogP contribution in [0.1, 0.15) is 17.8 Å². The van der Waals surface area contributed by atoms with Gasteiger partial charge in [-0.2, -0.15) is 0 Å². The SMILES string of the molecule is C=C(Br)CNC(C)c1ccc(Br)s1. The fourth-order valence-corrected chi connectivity index (χ4v) is 2.54. The normalized spacial score (nSPS) is 12.8. The molecule has 4 heteroatoms. The van der Waals surface area contributed by atoms with Gasteiger partial charge in [0.05, 0.1) is 3.79 Å². The van der Waals surface area contributed by atoms with Crippen molar-refractivity contribution in [2.24, 2.45) is 0 Å². The Hall–Kier alpha value is 0.360. The molecule has 1 aromatic rings. The maximum absolute atomic E-state index is 3.77. The Morgan fingerprint density at radius 3 is 2.85 bits per heavy atom. The molecule has 0 bridgehead atoms. The summed E-state index contributed by atoms with van der Waals surface area (Å²) in [6, 6.07) is 4.58. The van der Waals surface area contributed by atoms with Gasteiger partial charge in [0, 0.05) is 21.9 Å². The van der Waals surface area contributed by atoms with E-state index >= 15 is 0 Å². The van der Waals surface area contributed by atoms with E-state index in [-0.39, 0.29) is 0 Å². The van der Waals surface area contributed by atoms with Crippen LogP contribution in [0.4, 0.5) is 0 Å². The molecule has 1 rings (SSSR count). The molecule has 0 aliphatic heterocycles. The average molecular weight is 325 g/mol. The third-order valence-corrected chi connectivity index (χ3v) is 3.71. The van der Waals surface area contributed by atoms with E-state index in [0.29, 0.717) is 6.04 Å². The van der Waals surface area contributed by atoms with Crippen LogP contribution in [0.5, 0.6) is 0 Å². The third-order valence-electron chi connectivity index (χ3n) is 1.62. The zero-order chi connectivity index (χ0) is 9.84. The number of nitrogens with one attached hydrogen (secondary N) is 1. The van der Waals surface area contributed by atoms with Gasteiger partial charge in [0.1, 0.15) is 0 Å². The summed E-state index contributed by atoms with van der Waals surface area (Å²) in [5, 5.41) is 3.35. The quantitative estimate of drug-likeness (QED) is 0.880. The first kappa shape index (κ1) is 11.4. The Balaban J connectivity index is 2.48. The van der Waals surface area contributed by atoms with Crippen molar-refractivity contribution >= 4 is 43.2 Å². The highest BCUT2D eigenvalue weighted by Crippen LogP contribution is 2.27. The molecule has 0 amide bonds. The first-order valence-corrected chi connectivity index (χ1v) is 6.31. The summed E-state index contributed by atoms with van der Waals surface area (Å²) in [5.74, 6) is 0. The Morgan fingerprint density at radius 1 is 1.69 bits per heavy atom. The molecule has 0 fully saturated rings. The first-order valence-electron chi connectivity index (χ1n) is 3.91. The van der Waals surface area contributed by atoms with E-state index < -0.39 is 0 Å². The minimum Gasteiger partial charge on any atom is -0.305 e. The maximum atomic E-state index is 3.77. The molecule has 1 heterocycles. The lowest BCUT2D eigenvalue weighted by Crippen LogP contribution is -2.18. The monoisotopic (exact) mass is 323 g/mol. The van der Waals surface area contributed by atoms with Crippen LogP contribution in [0, 0.1) is 0 Å². The van der Waals surface area contributed by atoms with E-state index in [1.54, 1.807) is 11.3 Å². The van der Waals surface area contributed by atoms with Crippen LogP contribution in [-0.4, -0.2) is 6.54 Å². The summed E-state index contributed by atoms with van der Waals surface area (Å²) in [4.78, 5) is 1.33. The second-order valence-corrected chi connectivity index (χ2v) is 6.38. The third kappa shape index (κ3) is 3.94. The largest absolute Gasteiger partial charge is 0.305 e. The summed E-state index contributed by atoms with van der Waals surface area (Å²) < 4.78 is 2.16. The molecule has 1 atom stereocenters. The van der Waals surface area contributed by atoms with Gasteiger partial charge in [0.25, 0.3) is 0 Å². The summed E-state index contributed by atoms with van der Waals surface area (Å²) in [6.07, 6.45) is 0. The van der Waals surface area contributed by atoms with E-state index in [9.17, 15) is 0 Å². The van der Waals surface area contributed by atoms with Gasteiger partial charge >= 0.3 is 0 Å². The van der Waals surface area contributed by atoms with Crippen molar-refractivity contribution in [3.05, 3.63) is 31.9 Å². The van der Waals surface area contributed by atoms with Crippen molar-refractivity contribution < 1.29 is 0 Å². The lowest BCUT2D eigenvalue weighted by atomic mass is 10.3. The average Bonchev–Trinajstić information content (AvgIpc) is 2.47. The standard InChI is InChI=1S/C9H11Br2NS/c1-6(10)5-12-7(2)8-3-4-9(11)13-8/h3-4,7,12H,1,5H2,2H3. The molecule has 72 valence electrons. The fraction of sp³-hybridized carbons (Fsp3) is 0.333. The molecule has 1 unspecified atom stereocenters. The molecule has 13 heavy (non-hydrogen) atoms. The Bertz CT molecular complexity index is 296. The van der Waals surface area contributed by atoms with Crippen LogP contribution in [0.15, 0.2) is 27.0 Å². The predicted molar refractivity (Wildman–Crippen MR) is 66.5 cm³/mol. The van der Waals surface area contributed by atoms with Gasteiger partial charge in [-0.15, -0.1) is 11.3 Å². The first-order chi connectivity index (χ1) is 6.09. The van der Waals surface area contributed by atoms with Gasteiger partial charge in [-0.05, 0) is 35.0 Å². The lowest BCUT2D eigenvalue weighted by molar-refractivity contribution is 0.626. The van der Waals surface area contributed by atoms with E-state index in [1.165, 1.54) is 8.66 Å². The van der Waals surface area contributed by atoms with Gasteiger partial charge in [-0.1, -0.05) is 22.5 Å². The van der Waals surface area contributed by atoms with Gasteiger partial charge in [-0.3, -0.25) is 0 Å². The minimum absolute atomic E-state index is 0.380. The van der Waals surface area contributed by atoms with Crippen molar-refractivity contribution in [1.82, 2.24) is 5.32 Å². The second kappa shape index (κ2) is 5.29. The molecule has 0 saturated carbocycles. The maximum Gasteiger partial charge on any atom is 0.0701 e. The van der Waals surface area contributed by atoms with Crippen molar-refractivity contribution in [2.75, 3.05) is 6.54 Å². The van der Waals surface area contributed by atoms with Gasteiger partial charge in [0.2, 0.25) is 0 Å². The van der Waals surface area contributed by atoms with Crippen molar-refractivity contribution in [3.8, 4) is 0 Å². The number of hydrogen-bond acceptors (Lipinski definition) is 2. The fourth-order valence-electron chi connectivity index (χ4n) is 0.925. The van der Waals surface area contributed by atoms with Gasteiger partial charge in [0.15, 0.2) is 0 Å². The molecule has 1 nitrogen and oxygen atoms in total. The van der Waals surface area contributed by atoms with Gasteiger partial charge in [-0.25, -0.2) is 0 Å². The molecule has 0 radical (unpaired) electrons. The summed E-state index contributed by atoms with van der Waals surface area (Å²) >= 11 is 8.52. The summed E-state index contributed by atoms with van der Waals surface area (Å²) in [7, 11) is 0. The van der Waals surface area contributed by atoms with Crippen LogP contribution in [0.3, 0.4) is 0 Å². The van der Waals surface area contributed by atoms with Crippen molar-refractivity contribution in [2.45, 2.75) is 13.0 Å². The second-order valence-electron chi connectivity index (χ2n) is 2.76. The van der Waals surface area contributed by atoms with E-state index in [2.05, 4.69) is 62.8 Å². The molecule has 0 aliphatic carbocycles. The van der Waals surface area contributed by atoms with E-state index in [1.807, 2.05) is 0 Å². The summed E-state index contributed by atoms with van der Waals surface area (Å²) in [6.45, 7) is 6.72. The lowest BCUT2D eigenvalue weighted by Gasteiger charge is -2.10. The van der Waals surface area contributed by atoms with Crippen molar-refractivity contribution in [3.63, 3.8) is 0 Å². The Kier molecular flexibility index (Phi) is 4.66. The molecular formula is C9H11Br2NS. The molecule has 0 aromatic carbocycles. The highest BCUT2D eigenvalue weighted by molar-refractivity contribution is 9.11. The molecule has 1 aromatic heterocycles. The van der Waals surface area contributed by atoms with Crippen LogP contribution in [0.25, 0.3) is 0 Å². The van der Waals surface area contributed by atoms with Crippen LogP contribution >= 0.6 is 43.2 Å². The summed E-state index contributed by atoms with van der Waals surface area (Å²) in [5.41, 5.74) is 0. The van der Waals surface area contributed by atoms with Gasteiger partial charge < -0.3 is 5.32 Å². The van der Waals surface area contributed by atoms with E-state index in [4.69, 9.17) is 0 Å². The highest BCUT2D eigenvalue weighted by Gasteiger charge is 2.06. The zero-order valence-corrected chi connectivity index (χ0v) is 11.3. The number of hydrogen-bond donors (Lipinski definition) is 1. The smallest absolute Gasteiger partial charge is 0.0701 e. The van der Waals surface area contributed by atoms with E-state index in [0.717, 1.165) is 11.0 Å². The van der Waals surface area contributed by atoms with Crippen LogP contribution in [-0.2, 0) is 0 Å². The molecule has 1 N–H and O–H groups in total. The minimum atomic E-state index is 0.380. The zero-order valence-electron chi connectivity index (χ0n) is 7.31. The molecule has 0 saturated heterocycles. The number of halogens is 2. The Labute approximate surface area is 99.5 Å². The molecule has 0 aliphatic rings. The Morgan fingerprint density at radius 2 is 2.38 bits per heavy atom. The van der Waals surface area contributed by atoms with Crippen LogP contribution < -0.4 is 5.32 Å². The highest BCUT2D eigenvalue weighted by atomic mass is 79.9. The van der Waals surface area contributed by atoms with Crippen molar-refractivity contribution in [1.29, 1.82) is 0 Å². The predicted octanol–water partition coefficient (Wildman–Crippen LogP) is 4.07. The topological polar surface area (TPSA) is 12.0 Å². The number of rotatable bonds is 4. The number of thiophene rings is 1. The van der Waals surface area contributed by atoms with Crippen LogP contribution in [0.2, 0.25) is 0 Å². The molecule has 0 spiro atoms.